The highest BCUT2D eigenvalue weighted by atomic mass is 16.5. The van der Waals surface area contributed by atoms with Crippen molar-refractivity contribution in [1.82, 2.24) is 0 Å². The van der Waals surface area contributed by atoms with Gasteiger partial charge in [0.2, 0.25) is 0 Å². The van der Waals surface area contributed by atoms with Crippen molar-refractivity contribution in [3.8, 4) is 0 Å². The summed E-state index contributed by atoms with van der Waals surface area (Å²) >= 11 is 0. The number of nitrogens with two attached hydrogens (primary N) is 1. The van der Waals surface area contributed by atoms with Gasteiger partial charge >= 0.3 is 0 Å². The summed E-state index contributed by atoms with van der Waals surface area (Å²) in [5.74, 6) is 0. The van der Waals surface area contributed by atoms with Crippen molar-refractivity contribution in [1.29, 1.82) is 0 Å². The number of benzene rings is 1. The van der Waals surface area contributed by atoms with E-state index < -0.39 is 0 Å². The fraction of sp³-hybridized carbons (Fsp3) is 0.429. The zero-order valence-corrected chi connectivity index (χ0v) is 9.78. The highest BCUT2D eigenvalue weighted by Gasteiger charge is 2.16. The van der Waals surface area contributed by atoms with Crippen LogP contribution in [0.25, 0.3) is 0 Å². The number of hydrogen-bond acceptors (Lipinski definition) is 2. The van der Waals surface area contributed by atoms with Gasteiger partial charge in [-0.05, 0) is 36.0 Å². The van der Waals surface area contributed by atoms with Crippen molar-refractivity contribution in [3.05, 3.63) is 47.2 Å². The Hall–Kier alpha value is -1.28. The van der Waals surface area contributed by atoms with Crippen LogP contribution in [0, 0.1) is 0 Å². The number of hydrogen-bond donors (Lipinski definition) is 1. The normalized spacial score (nSPS) is 17.5. The summed E-state index contributed by atoms with van der Waals surface area (Å²) in [6.45, 7) is 2.99. The Kier molecular flexibility index (Phi) is 3.62. The molecule has 0 aromatic heterocycles. The van der Waals surface area contributed by atoms with Gasteiger partial charge in [0.15, 0.2) is 0 Å². The van der Waals surface area contributed by atoms with E-state index in [2.05, 4.69) is 31.2 Å². The zero-order valence-electron chi connectivity index (χ0n) is 9.78. The minimum atomic E-state index is -0.00329. The van der Waals surface area contributed by atoms with Gasteiger partial charge in [0.05, 0.1) is 18.9 Å². The largest absolute Gasteiger partial charge is 0.501 e. The third kappa shape index (κ3) is 2.27. The summed E-state index contributed by atoms with van der Waals surface area (Å²) in [5.41, 5.74) is 10.1. The minimum Gasteiger partial charge on any atom is -0.501 e. The highest BCUT2D eigenvalue weighted by Crippen LogP contribution is 2.27. The van der Waals surface area contributed by atoms with Gasteiger partial charge in [0.25, 0.3) is 0 Å². The first-order valence-corrected chi connectivity index (χ1v) is 5.97. The van der Waals surface area contributed by atoms with Crippen molar-refractivity contribution < 1.29 is 4.74 Å². The van der Waals surface area contributed by atoms with Gasteiger partial charge in [-0.15, -0.1) is 0 Å². The van der Waals surface area contributed by atoms with Crippen LogP contribution < -0.4 is 5.73 Å². The SMILES string of the molecule is CCc1ccccc1C(N)C1=COCCC1. The second-order valence-corrected chi connectivity index (χ2v) is 4.20. The summed E-state index contributed by atoms with van der Waals surface area (Å²) in [5, 5.41) is 0. The van der Waals surface area contributed by atoms with Crippen molar-refractivity contribution in [2.45, 2.75) is 32.2 Å². The molecule has 0 saturated heterocycles. The molecule has 0 bridgehead atoms. The minimum absolute atomic E-state index is 0.00329. The smallest absolute Gasteiger partial charge is 0.0876 e. The van der Waals surface area contributed by atoms with Crippen molar-refractivity contribution in [2.75, 3.05) is 6.61 Å². The number of rotatable bonds is 3. The maximum Gasteiger partial charge on any atom is 0.0876 e. The summed E-state index contributed by atoms with van der Waals surface area (Å²) in [7, 11) is 0. The molecule has 0 radical (unpaired) electrons. The van der Waals surface area contributed by atoms with Crippen LogP contribution >= 0.6 is 0 Å². The van der Waals surface area contributed by atoms with Crippen LogP contribution in [0.3, 0.4) is 0 Å². The molecule has 1 atom stereocenters. The number of aryl methyl sites for hydroxylation is 1. The Morgan fingerprint density at radius 1 is 1.38 bits per heavy atom. The predicted octanol–water partition coefficient (Wildman–Crippen LogP) is 2.94. The van der Waals surface area contributed by atoms with Crippen LogP contribution in [0.1, 0.15) is 36.9 Å². The summed E-state index contributed by atoms with van der Waals surface area (Å²) in [4.78, 5) is 0. The van der Waals surface area contributed by atoms with E-state index in [1.54, 1.807) is 0 Å². The van der Waals surface area contributed by atoms with Gasteiger partial charge in [-0.1, -0.05) is 31.2 Å². The first kappa shape index (κ1) is 11.2. The molecule has 1 aromatic rings. The maximum atomic E-state index is 6.30. The number of ether oxygens (including phenoxy) is 1. The van der Waals surface area contributed by atoms with E-state index in [9.17, 15) is 0 Å². The Balaban J connectivity index is 2.25. The molecule has 0 fully saturated rings. The first-order chi connectivity index (χ1) is 7.83. The van der Waals surface area contributed by atoms with Crippen LogP contribution in [0.15, 0.2) is 36.1 Å². The first-order valence-electron chi connectivity index (χ1n) is 5.97. The van der Waals surface area contributed by atoms with Gasteiger partial charge in [-0.2, -0.15) is 0 Å². The highest BCUT2D eigenvalue weighted by molar-refractivity contribution is 5.35. The van der Waals surface area contributed by atoms with E-state index in [0.29, 0.717) is 0 Å². The third-order valence-electron chi connectivity index (χ3n) is 3.13. The lowest BCUT2D eigenvalue weighted by molar-refractivity contribution is 0.221. The molecule has 2 N–H and O–H groups in total. The monoisotopic (exact) mass is 217 g/mol. The third-order valence-corrected chi connectivity index (χ3v) is 3.13. The van der Waals surface area contributed by atoms with Crippen LogP contribution in [0.2, 0.25) is 0 Å². The van der Waals surface area contributed by atoms with Gasteiger partial charge in [-0.25, -0.2) is 0 Å². The summed E-state index contributed by atoms with van der Waals surface area (Å²) < 4.78 is 5.36. The molecule has 86 valence electrons. The van der Waals surface area contributed by atoms with Gasteiger partial charge in [0.1, 0.15) is 0 Å². The molecular formula is C14H19NO. The average Bonchev–Trinajstić information content (AvgIpc) is 2.39. The van der Waals surface area contributed by atoms with Crippen LogP contribution in [-0.2, 0) is 11.2 Å². The molecule has 1 aliphatic rings. The molecule has 16 heavy (non-hydrogen) atoms. The Labute approximate surface area is 97.1 Å². The summed E-state index contributed by atoms with van der Waals surface area (Å²) in [6, 6.07) is 8.40. The lowest BCUT2D eigenvalue weighted by Crippen LogP contribution is -2.17. The zero-order chi connectivity index (χ0) is 11.4. The Bertz CT molecular complexity index is 384. The van der Waals surface area contributed by atoms with E-state index in [-0.39, 0.29) is 6.04 Å². The van der Waals surface area contributed by atoms with Gasteiger partial charge in [0, 0.05) is 0 Å². The van der Waals surface area contributed by atoms with Crippen molar-refractivity contribution in [3.63, 3.8) is 0 Å². The van der Waals surface area contributed by atoms with Crippen LogP contribution in [0.5, 0.6) is 0 Å². The van der Waals surface area contributed by atoms with Gasteiger partial charge in [-0.3, -0.25) is 0 Å². The molecule has 2 nitrogen and oxygen atoms in total. The lowest BCUT2D eigenvalue weighted by atomic mass is 9.92. The molecule has 1 heterocycles. The standard InChI is InChI=1S/C14H19NO/c1-2-11-6-3-4-8-13(11)14(15)12-7-5-9-16-10-12/h3-4,6,8,10,14H,2,5,7,9,15H2,1H3. The van der Waals surface area contributed by atoms with E-state index >= 15 is 0 Å². The molecule has 0 saturated carbocycles. The molecular weight excluding hydrogens is 198 g/mol. The maximum absolute atomic E-state index is 6.30. The van der Waals surface area contributed by atoms with Crippen molar-refractivity contribution >= 4 is 0 Å². The second-order valence-electron chi connectivity index (χ2n) is 4.20. The fourth-order valence-corrected chi connectivity index (χ4v) is 2.17. The predicted molar refractivity (Wildman–Crippen MR) is 66.0 cm³/mol. The summed E-state index contributed by atoms with van der Waals surface area (Å²) in [6.07, 6.45) is 5.01. The Morgan fingerprint density at radius 3 is 2.88 bits per heavy atom. The van der Waals surface area contributed by atoms with E-state index in [0.717, 1.165) is 25.9 Å². The Morgan fingerprint density at radius 2 is 2.19 bits per heavy atom. The van der Waals surface area contributed by atoms with Crippen LogP contribution in [0.4, 0.5) is 0 Å². The molecule has 0 aliphatic carbocycles. The molecule has 0 amide bonds. The molecule has 1 aliphatic heterocycles. The van der Waals surface area contributed by atoms with Crippen molar-refractivity contribution in [2.24, 2.45) is 5.73 Å². The van der Waals surface area contributed by atoms with Gasteiger partial charge < -0.3 is 10.5 Å². The van der Waals surface area contributed by atoms with E-state index in [1.165, 1.54) is 16.7 Å². The molecule has 0 spiro atoms. The topological polar surface area (TPSA) is 35.2 Å². The van der Waals surface area contributed by atoms with E-state index in [1.807, 2.05) is 6.26 Å². The quantitative estimate of drug-likeness (QED) is 0.844. The average molecular weight is 217 g/mol. The molecule has 2 rings (SSSR count). The fourth-order valence-electron chi connectivity index (χ4n) is 2.17. The lowest BCUT2D eigenvalue weighted by Gasteiger charge is -2.22. The molecule has 2 heteroatoms. The molecule has 1 aromatic carbocycles. The van der Waals surface area contributed by atoms with E-state index in [4.69, 9.17) is 10.5 Å². The second kappa shape index (κ2) is 5.17. The molecule has 1 unspecified atom stereocenters. The van der Waals surface area contributed by atoms with Crippen LogP contribution in [-0.4, -0.2) is 6.61 Å².